The van der Waals surface area contributed by atoms with Crippen LogP contribution in [0.3, 0.4) is 0 Å². The van der Waals surface area contributed by atoms with Crippen LogP contribution in [0, 0.1) is 20.2 Å². The van der Waals surface area contributed by atoms with Crippen LogP contribution in [0.5, 0.6) is 0 Å². The molecule has 0 spiro atoms. The SMILES string of the molecule is O=[N+]([O-])c1ccc(-[n+]2ccc(N3C(O)CN(c4ccccc4)C3O)cc2)c([N+](=O)[O-])c1. The van der Waals surface area contributed by atoms with Gasteiger partial charge >= 0.3 is 5.69 Å². The zero-order chi connectivity index (χ0) is 22.1. The highest BCUT2D eigenvalue weighted by Gasteiger charge is 2.38. The van der Waals surface area contributed by atoms with Gasteiger partial charge in [-0.15, -0.1) is 0 Å². The maximum Gasteiger partial charge on any atom is 0.347 e. The number of benzene rings is 2. The lowest BCUT2D eigenvalue weighted by Crippen LogP contribution is -2.41. The highest BCUT2D eigenvalue weighted by atomic mass is 16.6. The van der Waals surface area contributed by atoms with Crippen LogP contribution in [0.15, 0.2) is 73.1 Å². The minimum Gasteiger partial charge on any atom is -0.372 e. The normalized spacial score (nSPS) is 18.3. The molecule has 1 fully saturated rings. The van der Waals surface area contributed by atoms with Crippen molar-refractivity contribution in [2.24, 2.45) is 0 Å². The molecule has 2 N–H and O–H groups in total. The summed E-state index contributed by atoms with van der Waals surface area (Å²) in [6, 6.07) is 15.7. The quantitative estimate of drug-likeness (QED) is 0.359. The monoisotopic (exact) mass is 424 g/mol. The molecule has 4 rings (SSSR count). The number of rotatable bonds is 5. The van der Waals surface area contributed by atoms with Crippen molar-refractivity contribution in [1.82, 2.24) is 0 Å². The van der Waals surface area contributed by atoms with Crippen molar-refractivity contribution in [3.63, 3.8) is 0 Å². The van der Waals surface area contributed by atoms with Crippen LogP contribution in [-0.4, -0.2) is 39.2 Å². The molecule has 3 aromatic rings. The van der Waals surface area contributed by atoms with Crippen LogP contribution in [0.1, 0.15) is 0 Å². The topological polar surface area (TPSA) is 137 Å². The van der Waals surface area contributed by atoms with Crippen LogP contribution in [-0.2, 0) is 0 Å². The number of nitro benzene ring substituents is 2. The molecule has 0 radical (unpaired) electrons. The van der Waals surface area contributed by atoms with Gasteiger partial charge in [-0.1, -0.05) is 18.2 Å². The molecular weight excluding hydrogens is 406 g/mol. The summed E-state index contributed by atoms with van der Waals surface area (Å²) in [7, 11) is 0. The van der Waals surface area contributed by atoms with E-state index in [2.05, 4.69) is 0 Å². The Labute approximate surface area is 175 Å². The molecule has 2 unspecified atom stereocenters. The molecular formula is C20H18N5O6+. The van der Waals surface area contributed by atoms with E-state index in [0.717, 1.165) is 11.8 Å². The average Bonchev–Trinajstić information content (AvgIpc) is 3.08. The summed E-state index contributed by atoms with van der Waals surface area (Å²) >= 11 is 0. The maximum atomic E-state index is 11.4. The molecule has 2 aromatic carbocycles. The standard InChI is InChI=1S/C20H18N5O6/c26-19-13-22(14-4-2-1-3-5-14)20(27)23(19)15-8-10-21(11-9-15)17-7-6-16(24(28)29)12-18(17)25(30)31/h1-12,19-20,26-27H,13H2/q+1. The van der Waals surface area contributed by atoms with Crippen molar-refractivity contribution >= 4 is 22.7 Å². The number of aliphatic hydroxyl groups excluding tert-OH is 2. The van der Waals surface area contributed by atoms with Gasteiger partial charge in [-0.25, -0.2) is 0 Å². The Kier molecular flexibility index (Phi) is 5.19. The van der Waals surface area contributed by atoms with E-state index in [1.807, 2.05) is 30.3 Å². The summed E-state index contributed by atoms with van der Waals surface area (Å²) in [6.07, 6.45) is 0.962. The van der Waals surface area contributed by atoms with Gasteiger partial charge in [0.25, 0.3) is 11.4 Å². The Morgan fingerprint density at radius 1 is 0.903 bits per heavy atom. The summed E-state index contributed by atoms with van der Waals surface area (Å²) in [4.78, 5) is 24.0. The molecule has 2 heterocycles. The van der Waals surface area contributed by atoms with E-state index in [0.29, 0.717) is 5.69 Å². The fraction of sp³-hybridized carbons (Fsp3) is 0.150. The van der Waals surface area contributed by atoms with Crippen molar-refractivity contribution in [1.29, 1.82) is 0 Å². The van der Waals surface area contributed by atoms with Crippen LogP contribution < -0.4 is 14.4 Å². The van der Waals surface area contributed by atoms with Gasteiger partial charge in [0, 0.05) is 30.0 Å². The van der Waals surface area contributed by atoms with E-state index in [1.165, 1.54) is 34.0 Å². The van der Waals surface area contributed by atoms with E-state index in [-0.39, 0.29) is 17.9 Å². The van der Waals surface area contributed by atoms with Crippen LogP contribution in [0.4, 0.5) is 22.7 Å². The molecule has 0 aliphatic carbocycles. The predicted octanol–water partition coefficient (Wildman–Crippen LogP) is 1.70. The Bertz CT molecular complexity index is 1120. The van der Waals surface area contributed by atoms with E-state index in [1.54, 1.807) is 17.0 Å². The molecule has 31 heavy (non-hydrogen) atoms. The van der Waals surface area contributed by atoms with E-state index in [4.69, 9.17) is 0 Å². The van der Waals surface area contributed by atoms with Crippen LogP contribution in [0.25, 0.3) is 5.69 Å². The van der Waals surface area contributed by atoms with Gasteiger partial charge in [0.15, 0.2) is 12.4 Å². The second-order valence-electron chi connectivity index (χ2n) is 6.87. The number of hydrogen-bond acceptors (Lipinski definition) is 8. The summed E-state index contributed by atoms with van der Waals surface area (Å²) in [5.74, 6) is 0. The minimum absolute atomic E-state index is 0.149. The third-order valence-electron chi connectivity index (χ3n) is 5.05. The predicted molar refractivity (Wildman–Crippen MR) is 110 cm³/mol. The first kappa shape index (κ1) is 20.2. The zero-order valence-electron chi connectivity index (χ0n) is 16.1. The average molecular weight is 424 g/mol. The number of aromatic nitrogens is 1. The molecule has 1 aromatic heterocycles. The Morgan fingerprint density at radius 2 is 1.58 bits per heavy atom. The first-order chi connectivity index (χ1) is 14.9. The second-order valence-corrected chi connectivity index (χ2v) is 6.87. The molecule has 1 aliphatic rings. The smallest absolute Gasteiger partial charge is 0.347 e. The summed E-state index contributed by atoms with van der Waals surface area (Å²) in [5, 5.41) is 43.6. The van der Waals surface area contributed by atoms with Gasteiger partial charge in [0.05, 0.1) is 22.1 Å². The number of anilines is 2. The van der Waals surface area contributed by atoms with Crippen molar-refractivity contribution in [2.75, 3.05) is 16.3 Å². The highest BCUT2D eigenvalue weighted by Crippen LogP contribution is 2.30. The minimum atomic E-state index is -1.11. The first-order valence-corrected chi connectivity index (χ1v) is 9.27. The van der Waals surface area contributed by atoms with Gasteiger partial charge in [0.2, 0.25) is 6.35 Å². The lowest BCUT2D eigenvalue weighted by molar-refractivity contribution is -0.600. The molecule has 0 bridgehead atoms. The van der Waals surface area contributed by atoms with Gasteiger partial charge in [-0.2, -0.15) is 4.57 Å². The summed E-state index contributed by atoms with van der Waals surface area (Å²) in [5.41, 5.74) is 0.610. The Hall–Kier alpha value is -4.09. The van der Waals surface area contributed by atoms with Gasteiger partial charge in [0.1, 0.15) is 12.3 Å². The zero-order valence-corrected chi connectivity index (χ0v) is 16.1. The number of nitro groups is 2. The van der Waals surface area contributed by atoms with Gasteiger partial charge < -0.3 is 20.0 Å². The lowest BCUT2D eigenvalue weighted by Gasteiger charge is -2.28. The number of hydrogen-bond donors (Lipinski definition) is 2. The van der Waals surface area contributed by atoms with Gasteiger partial charge in [-0.05, 0) is 12.1 Å². The number of pyridine rings is 1. The fourth-order valence-electron chi connectivity index (χ4n) is 3.57. The maximum absolute atomic E-state index is 11.4. The van der Waals surface area contributed by atoms with Gasteiger partial charge in [-0.3, -0.25) is 20.2 Å². The number of nitrogens with zero attached hydrogens (tertiary/aromatic N) is 5. The molecule has 158 valence electrons. The van der Waals surface area contributed by atoms with Crippen molar-refractivity contribution in [3.8, 4) is 5.69 Å². The number of non-ortho nitro benzene ring substituents is 1. The van der Waals surface area contributed by atoms with E-state index < -0.39 is 28.1 Å². The largest absolute Gasteiger partial charge is 0.372 e. The molecule has 0 amide bonds. The second kappa shape index (κ2) is 7.97. The Morgan fingerprint density at radius 3 is 2.19 bits per heavy atom. The fourth-order valence-corrected chi connectivity index (χ4v) is 3.57. The van der Waals surface area contributed by atoms with E-state index in [9.17, 15) is 30.4 Å². The summed E-state index contributed by atoms with van der Waals surface area (Å²) < 4.78 is 1.44. The highest BCUT2D eigenvalue weighted by molar-refractivity contribution is 5.56. The Balaban J connectivity index is 1.63. The van der Waals surface area contributed by atoms with Crippen molar-refractivity contribution in [2.45, 2.75) is 12.6 Å². The summed E-state index contributed by atoms with van der Waals surface area (Å²) in [6.45, 7) is 0.188. The molecule has 11 nitrogen and oxygen atoms in total. The third kappa shape index (κ3) is 3.74. The molecule has 0 saturated carbocycles. The lowest BCUT2D eigenvalue weighted by atomic mass is 10.2. The molecule has 1 saturated heterocycles. The van der Waals surface area contributed by atoms with Crippen molar-refractivity contribution < 1.29 is 24.6 Å². The molecule has 2 atom stereocenters. The molecule has 1 aliphatic heterocycles. The number of para-hydroxylation sites is 1. The van der Waals surface area contributed by atoms with Crippen molar-refractivity contribution in [3.05, 3.63) is 93.3 Å². The third-order valence-corrected chi connectivity index (χ3v) is 5.05. The molecule has 11 heteroatoms. The first-order valence-electron chi connectivity index (χ1n) is 9.27. The van der Waals surface area contributed by atoms with Crippen LogP contribution >= 0.6 is 0 Å². The van der Waals surface area contributed by atoms with E-state index >= 15 is 0 Å². The number of aliphatic hydroxyl groups is 2. The van der Waals surface area contributed by atoms with Crippen LogP contribution in [0.2, 0.25) is 0 Å². The number of β-amino-alcohol motifs (C(OH)–C–C–N with tert-alkyl or cyclic N) is 1.